The molecule has 0 bridgehead atoms. The van der Waals surface area contributed by atoms with Gasteiger partial charge in [0.05, 0.1) is 12.6 Å². The Morgan fingerprint density at radius 1 is 1.19 bits per heavy atom. The lowest BCUT2D eigenvalue weighted by Gasteiger charge is -2.25. The molecule has 1 aliphatic heterocycles. The van der Waals surface area contributed by atoms with Gasteiger partial charge in [-0.15, -0.1) is 0 Å². The van der Waals surface area contributed by atoms with Crippen molar-refractivity contribution in [2.75, 3.05) is 18.5 Å². The zero-order valence-corrected chi connectivity index (χ0v) is 18.5. The summed E-state index contributed by atoms with van der Waals surface area (Å²) >= 11 is 0. The standard InChI is InChI=1S/C22H29FN4O4S/c23-18-10-8-16(9-11-18)14-31-15-22(28)27-20(7-3-4-12-25-32(24,29)30)21-13-17-5-1-2-6-19(17)26-21/h1-2,5-6,8-11,20-21,25-26H,3-4,7,12-15H2,(H,27,28)(H2,24,29,30)/t20-,21?/m0/s1. The van der Waals surface area contributed by atoms with Crippen molar-refractivity contribution >= 4 is 21.8 Å². The number of fused-ring (bicyclic) bond motifs is 1. The number of hydrogen-bond donors (Lipinski definition) is 4. The fourth-order valence-corrected chi connectivity index (χ4v) is 4.17. The van der Waals surface area contributed by atoms with Gasteiger partial charge in [-0.2, -0.15) is 8.42 Å². The maximum atomic E-state index is 13.0. The SMILES string of the molecule is NS(=O)(=O)NCCCC[C@H](NC(=O)COCc1ccc(F)cc1)C1Cc2ccccc2N1. The van der Waals surface area contributed by atoms with Crippen LogP contribution in [0.1, 0.15) is 30.4 Å². The number of rotatable bonds is 12. The summed E-state index contributed by atoms with van der Waals surface area (Å²) in [6.07, 6.45) is 2.76. The molecule has 8 nitrogen and oxygen atoms in total. The molecule has 0 radical (unpaired) electrons. The Kier molecular flexibility index (Phi) is 8.57. The van der Waals surface area contributed by atoms with Crippen LogP contribution < -0.4 is 20.5 Å². The fraction of sp³-hybridized carbons (Fsp3) is 0.409. The third-order valence-corrected chi connectivity index (χ3v) is 5.90. The first kappa shape index (κ1) is 24.1. The van der Waals surface area contributed by atoms with E-state index in [1.807, 2.05) is 18.2 Å². The second kappa shape index (κ2) is 11.4. The Morgan fingerprint density at radius 2 is 1.94 bits per heavy atom. The molecule has 0 spiro atoms. The van der Waals surface area contributed by atoms with Crippen LogP contribution in [0.2, 0.25) is 0 Å². The molecule has 0 saturated heterocycles. The van der Waals surface area contributed by atoms with Gasteiger partial charge in [0.15, 0.2) is 0 Å². The third kappa shape index (κ3) is 7.86. The number of carbonyl (C=O) groups excluding carboxylic acids is 1. The van der Waals surface area contributed by atoms with Gasteiger partial charge in [0.25, 0.3) is 10.2 Å². The van der Waals surface area contributed by atoms with Crippen molar-refractivity contribution in [3.8, 4) is 0 Å². The molecule has 10 heteroatoms. The van der Waals surface area contributed by atoms with E-state index < -0.39 is 10.2 Å². The Labute approximate surface area is 187 Å². The zero-order chi connectivity index (χ0) is 23.0. The van der Waals surface area contributed by atoms with Gasteiger partial charge in [0, 0.05) is 18.3 Å². The number of nitrogens with one attached hydrogen (secondary N) is 3. The van der Waals surface area contributed by atoms with Gasteiger partial charge >= 0.3 is 0 Å². The predicted octanol–water partition coefficient (Wildman–Crippen LogP) is 1.83. The topological polar surface area (TPSA) is 123 Å². The molecular formula is C22H29FN4O4S. The molecule has 1 heterocycles. The number of carbonyl (C=O) groups is 1. The highest BCUT2D eigenvalue weighted by Crippen LogP contribution is 2.27. The van der Waals surface area contributed by atoms with E-state index in [0.717, 1.165) is 17.7 Å². The maximum Gasteiger partial charge on any atom is 0.274 e. The number of para-hydroxylation sites is 1. The smallest absolute Gasteiger partial charge is 0.274 e. The van der Waals surface area contributed by atoms with Crippen molar-refractivity contribution in [2.24, 2.45) is 5.14 Å². The van der Waals surface area contributed by atoms with Crippen molar-refractivity contribution in [1.82, 2.24) is 10.0 Å². The molecule has 1 aliphatic rings. The van der Waals surface area contributed by atoms with Gasteiger partial charge < -0.3 is 15.4 Å². The number of ether oxygens (including phenoxy) is 1. The van der Waals surface area contributed by atoms with E-state index in [4.69, 9.17) is 9.88 Å². The van der Waals surface area contributed by atoms with Crippen LogP contribution in [0.25, 0.3) is 0 Å². The molecule has 32 heavy (non-hydrogen) atoms. The molecule has 0 aliphatic carbocycles. The van der Waals surface area contributed by atoms with Gasteiger partial charge in [-0.3, -0.25) is 4.79 Å². The van der Waals surface area contributed by atoms with Gasteiger partial charge in [0.2, 0.25) is 5.91 Å². The van der Waals surface area contributed by atoms with Crippen molar-refractivity contribution in [1.29, 1.82) is 0 Å². The lowest BCUT2D eigenvalue weighted by molar-refractivity contribution is -0.127. The van der Waals surface area contributed by atoms with Gasteiger partial charge in [-0.1, -0.05) is 36.8 Å². The summed E-state index contributed by atoms with van der Waals surface area (Å²) in [5.41, 5.74) is 3.03. The molecule has 0 fully saturated rings. The van der Waals surface area contributed by atoms with Crippen LogP contribution in [0.15, 0.2) is 48.5 Å². The van der Waals surface area contributed by atoms with Crippen LogP contribution in [0.4, 0.5) is 10.1 Å². The van der Waals surface area contributed by atoms with E-state index >= 15 is 0 Å². The first-order chi connectivity index (χ1) is 15.3. The summed E-state index contributed by atoms with van der Waals surface area (Å²) in [6, 6.07) is 13.8. The van der Waals surface area contributed by atoms with E-state index in [-0.39, 0.29) is 43.6 Å². The van der Waals surface area contributed by atoms with E-state index in [1.54, 1.807) is 12.1 Å². The fourth-order valence-electron chi connectivity index (χ4n) is 3.74. The predicted molar refractivity (Wildman–Crippen MR) is 121 cm³/mol. The average Bonchev–Trinajstić information content (AvgIpc) is 3.17. The molecule has 3 rings (SSSR count). The number of anilines is 1. The molecule has 0 saturated carbocycles. The number of halogens is 1. The minimum atomic E-state index is -3.70. The van der Waals surface area contributed by atoms with Crippen LogP contribution >= 0.6 is 0 Å². The summed E-state index contributed by atoms with van der Waals surface area (Å²) in [7, 11) is -3.70. The highest BCUT2D eigenvalue weighted by Gasteiger charge is 2.28. The summed E-state index contributed by atoms with van der Waals surface area (Å²) < 4.78 is 42.7. The Balaban J connectivity index is 1.50. The van der Waals surface area contributed by atoms with E-state index in [0.29, 0.717) is 19.3 Å². The first-order valence-electron chi connectivity index (χ1n) is 10.5. The maximum absolute atomic E-state index is 13.0. The van der Waals surface area contributed by atoms with Crippen molar-refractivity contribution in [3.05, 3.63) is 65.5 Å². The van der Waals surface area contributed by atoms with Gasteiger partial charge in [-0.25, -0.2) is 14.3 Å². The van der Waals surface area contributed by atoms with Crippen LogP contribution in [-0.4, -0.2) is 39.6 Å². The Hall–Kier alpha value is -2.53. The number of amides is 1. The summed E-state index contributed by atoms with van der Waals surface area (Å²) in [6.45, 7) is 0.351. The van der Waals surface area contributed by atoms with E-state index in [9.17, 15) is 17.6 Å². The minimum Gasteiger partial charge on any atom is -0.380 e. The monoisotopic (exact) mass is 464 g/mol. The van der Waals surface area contributed by atoms with Crippen LogP contribution in [0, 0.1) is 5.82 Å². The largest absolute Gasteiger partial charge is 0.380 e. The minimum absolute atomic E-state index is 0.0275. The van der Waals surface area contributed by atoms with Crippen molar-refractivity contribution < 1.29 is 22.3 Å². The van der Waals surface area contributed by atoms with Gasteiger partial charge in [0.1, 0.15) is 12.4 Å². The summed E-state index contributed by atoms with van der Waals surface area (Å²) in [5, 5.41) is 11.5. The van der Waals surface area contributed by atoms with Crippen molar-refractivity contribution in [3.63, 3.8) is 0 Å². The van der Waals surface area contributed by atoms with Crippen LogP contribution in [0.3, 0.4) is 0 Å². The molecule has 2 aromatic rings. The van der Waals surface area contributed by atoms with E-state index in [2.05, 4.69) is 21.4 Å². The third-order valence-electron chi connectivity index (χ3n) is 5.29. The van der Waals surface area contributed by atoms with Crippen molar-refractivity contribution in [2.45, 2.75) is 44.4 Å². The quantitative estimate of drug-likeness (QED) is 0.357. The number of benzene rings is 2. The second-order valence-corrected chi connectivity index (χ2v) is 9.22. The van der Waals surface area contributed by atoms with Crippen LogP contribution in [0.5, 0.6) is 0 Å². The molecule has 0 aromatic heterocycles. The first-order valence-corrected chi connectivity index (χ1v) is 12.1. The zero-order valence-electron chi connectivity index (χ0n) is 17.7. The molecule has 1 unspecified atom stereocenters. The number of unbranched alkanes of at least 4 members (excludes halogenated alkanes) is 1. The second-order valence-electron chi connectivity index (χ2n) is 7.84. The van der Waals surface area contributed by atoms with Crippen LogP contribution in [-0.2, 0) is 32.8 Å². The molecule has 2 aromatic carbocycles. The number of hydrogen-bond acceptors (Lipinski definition) is 5. The molecule has 5 N–H and O–H groups in total. The lowest BCUT2D eigenvalue weighted by Crippen LogP contribution is -2.47. The lowest BCUT2D eigenvalue weighted by atomic mass is 9.98. The Morgan fingerprint density at radius 3 is 2.66 bits per heavy atom. The van der Waals surface area contributed by atoms with E-state index in [1.165, 1.54) is 17.7 Å². The molecular weight excluding hydrogens is 435 g/mol. The summed E-state index contributed by atoms with van der Waals surface area (Å²) in [5.74, 6) is -0.559. The highest BCUT2D eigenvalue weighted by atomic mass is 32.2. The van der Waals surface area contributed by atoms with Gasteiger partial charge in [-0.05, 0) is 48.6 Å². The Bertz CT molecular complexity index is 976. The molecule has 1 amide bonds. The average molecular weight is 465 g/mol. The normalized spacial score (nSPS) is 16.2. The highest BCUT2D eigenvalue weighted by molar-refractivity contribution is 7.87. The number of nitrogens with two attached hydrogens (primary N) is 1. The molecule has 174 valence electrons. The summed E-state index contributed by atoms with van der Waals surface area (Å²) in [4.78, 5) is 12.5. The molecule has 2 atom stereocenters.